The van der Waals surface area contributed by atoms with Gasteiger partial charge in [0.05, 0.1) is 16.1 Å². The van der Waals surface area contributed by atoms with Crippen LogP contribution in [-0.2, 0) is 26.1 Å². The van der Waals surface area contributed by atoms with Crippen molar-refractivity contribution in [1.29, 1.82) is 0 Å². The fraction of sp³-hybridized carbons (Fsp3) is 0.182. The van der Waals surface area contributed by atoms with Crippen molar-refractivity contribution in [2.24, 2.45) is 5.92 Å². The number of benzene rings is 4. The van der Waals surface area contributed by atoms with Crippen LogP contribution in [0.4, 0.5) is 5.69 Å². The summed E-state index contributed by atoms with van der Waals surface area (Å²) in [6.07, 6.45) is 7.57. The topological polar surface area (TPSA) is 116 Å². The molecule has 1 aliphatic carbocycles. The molecule has 4 aromatic carbocycles. The molecule has 2 N–H and O–H groups in total. The molecule has 1 atom stereocenters. The molecule has 0 radical (unpaired) electrons. The number of thioether (sulfide) groups is 1. The third kappa shape index (κ3) is 6.18. The van der Waals surface area contributed by atoms with E-state index in [2.05, 4.69) is 13.0 Å². The van der Waals surface area contributed by atoms with Gasteiger partial charge in [-0.05, 0) is 65.0 Å². The lowest BCUT2D eigenvalue weighted by Gasteiger charge is -2.23. The Morgan fingerprint density at radius 3 is 2.29 bits per heavy atom. The van der Waals surface area contributed by atoms with Crippen molar-refractivity contribution in [3.8, 4) is 0 Å². The third-order valence-corrected chi connectivity index (χ3v) is 11.3. The van der Waals surface area contributed by atoms with Gasteiger partial charge in [0.2, 0.25) is 5.52 Å². The Kier molecular flexibility index (Phi) is 7.62. The van der Waals surface area contributed by atoms with E-state index in [9.17, 15) is 25.9 Å². The zero-order valence-corrected chi connectivity index (χ0v) is 27.4. The molecule has 1 aromatic heterocycles. The molecule has 0 saturated heterocycles. The molecule has 0 amide bonds. The molecule has 2 aliphatic rings. The van der Waals surface area contributed by atoms with Gasteiger partial charge in [-0.1, -0.05) is 90.7 Å². The van der Waals surface area contributed by atoms with Gasteiger partial charge in [-0.15, -0.1) is 0 Å². The number of fused-ring (bicyclic) bond motifs is 6. The first-order valence-electron chi connectivity index (χ1n) is 14.3. The van der Waals surface area contributed by atoms with Gasteiger partial charge in [0.1, 0.15) is 4.70 Å². The van der Waals surface area contributed by atoms with E-state index in [1.54, 1.807) is 9.47 Å². The first-order valence-corrected chi connectivity index (χ1v) is 19.1. The van der Waals surface area contributed by atoms with Crippen LogP contribution in [0.1, 0.15) is 24.8 Å². The van der Waals surface area contributed by atoms with Gasteiger partial charge in [-0.25, -0.2) is 0 Å². The van der Waals surface area contributed by atoms with E-state index in [0.717, 1.165) is 66.3 Å². The Bertz CT molecular complexity index is 2340. The minimum atomic E-state index is -4.33. The van der Waals surface area contributed by atoms with E-state index in [4.69, 9.17) is 0 Å². The molecule has 5 aromatic rings. The maximum atomic E-state index is 12.2. The molecular formula is C33H29N2O6S4+. The summed E-state index contributed by atoms with van der Waals surface area (Å²) in [7, 11) is -8.67. The van der Waals surface area contributed by atoms with Crippen molar-refractivity contribution < 1.29 is 30.5 Å². The van der Waals surface area contributed by atoms with Crippen LogP contribution in [0.5, 0.6) is 0 Å². The lowest BCUT2D eigenvalue weighted by Crippen LogP contribution is -2.39. The third-order valence-electron chi connectivity index (χ3n) is 7.97. The number of anilines is 1. The molecule has 1 aliphatic heterocycles. The highest BCUT2D eigenvalue weighted by molar-refractivity contribution is 8.03. The molecule has 7 rings (SSSR count). The van der Waals surface area contributed by atoms with Crippen LogP contribution < -0.4 is 9.47 Å². The average molecular weight is 678 g/mol. The fourth-order valence-corrected chi connectivity index (χ4v) is 9.96. The van der Waals surface area contributed by atoms with Gasteiger partial charge in [0.15, 0.2) is 5.88 Å². The highest BCUT2D eigenvalue weighted by Gasteiger charge is 2.31. The van der Waals surface area contributed by atoms with Gasteiger partial charge in [-0.3, -0.25) is 9.11 Å². The standard InChI is InChI=1S/C33H28N2O6S4/c1-21-14-22(17-30-34(19-44(36,37)38)32-26-8-4-2-6-24(26)10-12-28(32)42-30)16-23(15-21)18-31-35(20-45(39,40)41)33-27-9-5-3-7-25(27)11-13-29(33)43-31/h2-13,16-18,21H,14-15,19-20H2,1H3,(H-,36,37,38,39,40,41)/p+1. The number of rotatable bonds is 6. The van der Waals surface area contributed by atoms with Crippen LogP contribution in [0.2, 0.25) is 0 Å². The minimum absolute atomic E-state index is 0.267. The van der Waals surface area contributed by atoms with E-state index in [0.29, 0.717) is 10.0 Å². The molecule has 1 unspecified atom stereocenters. The van der Waals surface area contributed by atoms with E-state index in [1.165, 1.54) is 23.1 Å². The number of nitrogens with zero attached hydrogens (tertiary/aromatic N) is 2. The molecule has 0 saturated carbocycles. The summed E-state index contributed by atoms with van der Waals surface area (Å²) >= 11 is 2.93. The minimum Gasteiger partial charge on any atom is -0.317 e. The summed E-state index contributed by atoms with van der Waals surface area (Å²) in [5, 5.41) is 5.16. The quantitative estimate of drug-likeness (QED) is 0.141. The highest BCUT2D eigenvalue weighted by Crippen LogP contribution is 2.50. The van der Waals surface area contributed by atoms with Crippen LogP contribution in [0, 0.1) is 5.92 Å². The molecule has 0 bridgehead atoms. The monoisotopic (exact) mass is 677 g/mol. The zero-order valence-electron chi connectivity index (χ0n) is 24.1. The second-order valence-corrected chi connectivity index (χ2v) is 16.5. The zero-order chi connectivity index (χ0) is 31.5. The van der Waals surface area contributed by atoms with E-state index in [1.807, 2.05) is 84.9 Å². The van der Waals surface area contributed by atoms with Crippen molar-refractivity contribution >= 4 is 86.9 Å². The maximum Gasteiger partial charge on any atom is 0.326 e. The lowest BCUT2D eigenvalue weighted by atomic mass is 9.87. The van der Waals surface area contributed by atoms with Gasteiger partial charge in [0, 0.05) is 16.4 Å². The summed E-state index contributed by atoms with van der Waals surface area (Å²) in [6, 6.07) is 23.5. The second kappa shape index (κ2) is 11.4. The molecule has 12 heteroatoms. The Hall–Kier alpha value is -3.52. The fourth-order valence-electron chi connectivity index (χ4n) is 6.30. The van der Waals surface area contributed by atoms with Crippen molar-refractivity contribution in [2.75, 3.05) is 10.8 Å². The van der Waals surface area contributed by atoms with Gasteiger partial charge in [0.25, 0.3) is 21.0 Å². The van der Waals surface area contributed by atoms with Gasteiger partial charge in [-0.2, -0.15) is 21.4 Å². The number of allylic oxidation sites excluding steroid dienone is 4. The molecule has 0 fully saturated rings. The molecule has 45 heavy (non-hydrogen) atoms. The Morgan fingerprint density at radius 1 is 0.867 bits per heavy atom. The summed E-state index contributed by atoms with van der Waals surface area (Å²) in [4.78, 5) is 2.57. The predicted octanol–water partition coefficient (Wildman–Crippen LogP) is 7.38. The number of thiazole rings is 1. The van der Waals surface area contributed by atoms with Crippen LogP contribution in [0.15, 0.2) is 106 Å². The largest absolute Gasteiger partial charge is 0.326 e. The smallest absolute Gasteiger partial charge is 0.317 e. The van der Waals surface area contributed by atoms with Crippen LogP contribution in [-0.4, -0.2) is 31.8 Å². The SMILES string of the molecule is CC1CC(C=C2Sc3ccc4ccccc4c3N2CS(=O)(=O)O)=CC(=Cc2sc3ccc4ccccc4c3[n+]2CS(=O)(=O)O)C1. The maximum absolute atomic E-state index is 12.2. The van der Waals surface area contributed by atoms with E-state index in [-0.39, 0.29) is 5.92 Å². The van der Waals surface area contributed by atoms with Gasteiger partial charge < -0.3 is 4.90 Å². The van der Waals surface area contributed by atoms with Crippen molar-refractivity contribution in [3.63, 3.8) is 0 Å². The summed E-state index contributed by atoms with van der Waals surface area (Å²) in [5.74, 6) is -0.865. The van der Waals surface area contributed by atoms with Crippen LogP contribution >= 0.6 is 23.1 Å². The number of hydrogen-bond donors (Lipinski definition) is 2. The first-order chi connectivity index (χ1) is 21.4. The Morgan fingerprint density at radius 2 is 1.56 bits per heavy atom. The lowest BCUT2D eigenvalue weighted by molar-refractivity contribution is -0.648. The van der Waals surface area contributed by atoms with Crippen LogP contribution in [0.3, 0.4) is 0 Å². The Labute approximate surface area is 269 Å². The van der Waals surface area contributed by atoms with E-state index >= 15 is 0 Å². The first kappa shape index (κ1) is 30.2. The molecule has 2 heterocycles. The number of aromatic nitrogens is 1. The normalized spacial score (nSPS) is 19.2. The summed E-state index contributed by atoms with van der Waals surface area (Å²) < 4.78 is 71.0. The Balaban J connectivity index is 1.34. The average Bonchev–Trinajstić information content (AvgIpc) is 3.48. The van der Waals surface area contributed by atoms with Crippen LogP contribution in [0.25, 0.3) is 37.8 Å². The number of hydrogen-bond acceptors (Lipinski definition) is 7. The second-order valence-electron chi connectivity index (χ2n) is 11.5. The predicted molar refractivity (Wildman–Crippen MR) is 182 cm³/mol. The van der Waals surface area contributed by atoms with Crippen molar-refractivity contribution in [1.82, 2.24) is 0 Å². The van der Waals surface area contributed by atoms with E-state index < -0.39 is 32.0 Å². The molecule has 0 spiro atoms. The van der Waals surface area contributed by atoms with Crippen molar-refractivity contribution in [3.05, 3.63) is 106 Å². The highest BCUT2D eigenvalue weighted by atomic mass is 32.2. The summed E-state index contributed by atoms with van der Waals surface area (Å²) in [5.41, 5.74) is 3.50. The van der Waals surface area contributed by atoms with Crippen molar-refractivity contribution in [2.45, 2.75) is 30.5 Å². The molecule has 8 nitrogen and oxygen atoms in total. The van der Waals surface area contributed by atoms with Gasteiger partial charge >= 0.3 is 10.1 Å². The summed E-state index contributed by atoms with van der Waals surface area (Å²) in [6.45, 7) is 2.14. The molecule has 230 valence electrons. The molecular weight excluding hydrogens is 649 g/mol.